The Morgan fingerprint density at radius 2 is 2.17 bits per heavy atom. The Labute approximate surface area is 166 Å². The largest absolute Gasteiger partial charge is 0.393 e. The van der Waals surface area contributed by atoms with E-state index >= 15 is 0 Å². The summed E-state index contributed by atoms with van der Waals surface area (Å²) in [5.74, 6) is -0.153. The Bertz CT molecular complexity index is 1020. The normalized spacial score (nSPS) is 18.2. The number of pyridine rings is 1. The van der Waals surface area contributed by atoms with Crippen molar-refractivity contribution in [2.75, 3.05) is 19.7 Å². The third-order valence-corrected chi connectivity index (χ3v) is 5.20. The molecule has 1 aliphatic rings. The Morgan fingerprint density at radius 3 is 3.00 bits per heavy atom. The average molecular weight is 399 g/mol. The van der Waals surface area contributed by atoms with Crippen LogP contribution in [0.25, 0.3) is 17.2 Å². The molecule has 1 amide bonds. The van der Waals surface area contributed by atoms with Crippen LogP contribution in [0, 0.1) is 11.7 Å². The van der Waals surface area contributed by atoms with Crippen molar-refractivity contribution >= 4 is 11.6 Å². The molecule has 0 bridgehead atoms. The van der Waals surface area contributed by atoms with Crippen LogP contribution in [0.15, 0.2) is 36.8 Å². The van der Waals surface area contributed by atoms with Crippen LogP contribution < -0.4 is 0 Å². The molecule has 1 fully saturated rings. The molecule has 2 atom stereocenters. The second-order valence-electron chi connectivity index (χ2n) is 7.29. The molecule has 8 nitrogen and oxygen atoms in total. The molecular formula is C20H22FN5O3. The molecule has 4 rings (SSSR count). The minimum atomic E-state index is -1.37. The third-order valence-electron chi connectivity index (χ3n) is 5.20. The van der Waals surface area contributed by atoms with Crippen LogP contribution in [0.3, 0.4) is 0 Å². The van der Waals surface area contributed by atoms with Crippen molar-refractivity contribution in [3.63, 3.8) is 0 Å². The number of halogens is 1. The maximum Gasteiger partial charge on any atom is 0.253 e. The quantitative estimate of drug-likeness (QED) is 0.665. The maximum absolute atomic E-state index is 13.6. The number of rotatable bonds is 5. The van der Waals surface area contributed by atoms with E-state index in [0.717, 1.165) is 18.5 Å². The van der Waals surface area contributed by atoms with Gasteiger partial charge < -0.3 is 15.1 Å². The highest BCUT2D eigenvalue weighted by Gasteiger charge is 2.27. The van der Waals surface area contributed by atoms with Crippen LogP contribution in [-0.4, -0.2) is 66.2 Å². The first-order valence-corrected chi connectivity index (χ1v) is 9.58. The monoisotopic (exact) mass is 399 g/mol. The van der Waals surface area contributed by atoms with Crippen molar-refractivity contribution in [1.29, 1.82) is 0 Å². The van der Waals surface area contributed by atoms with E-state index in [4.69, 9.17) is 5.11 Å². The van der Waals surface area contributed by atoms with Gasteiger partial charge in [0.1, 0.15) is 17.2 Å². The lowest BCUT2D eigenvalue weighted by molar-refractivity contribution is -0.144. The van der Waals surface area contributed by atoms with Gasteiger partial charge >= 0.3 is 0 Å². The second-order valence-corrected chi connectivity index (χ2v) is 7.29. The lowest BCUT2D eigenvalue weighted by atomic mass is 9.93. The van der Waals surface area contributed by atoms with Gasteiger partial charge in [0.2, 0.25) is 0 Å². The standard InChI is InChI=1S/C20H22FN5O3/c21-14-3-4-18-23-9-16(26(18)11-14)19-22-6-5-15(24-19)8-13-2-1-7-25(10-13)20(29)17(28)12-27/h3-6,9,11,13,17,27-28H,1-2,7-8,10,12H2/t13-,17-/m0/s1. The number of aromatic nitrogens is 4. The zero-order valence-electron chi connectivity index (χ0n) is 15.8. The summed E-state index contributed by atoms with van der Waals surface area (Å²) in [7, 11) is 0. The highest BCUT2D eigenvalue weighted by atomic mass is 19.1. The number of hydrogen-bond acceptors (Lipinski definition) is 6. The summed E-state index contributed by atoms with van der Waals surface area (Å²) in [4.78, 5) is 26.9. The van der Waals surface area contributed by atoms with Crippen LogP contribution in [0.5, 0.6) is 0 Å². The molecule has 0 unspecified atom stereocenters. The van der Waals surface area contributed by atoms with E-state index in [1.54, 1.807) is 27.8 Å². The highest BCUT2D eigenvalue weighted by molar-refractivity contribution is 5.80. The molecule has 9 heteroatoms. The first-order chi connectivity index (χ1) is 14.0. The molecule has 3 aromatic heterocycles. The number of amides is 1. The summed E-state index contributed by atoms with van der Waals surface area (Å²) in [6, 6.07) is 4.78. The fraction of sp³-hybridized carbons (Fsp3) is 0.400. The summed E-state index contributed by atoms with van der Waals surface area (Å²) >= 11 is 0. The topological polar surface area (TPSA) is 104 Å². The Balaban J connectivity index is 1.52. The lowest BCUT2D eigenvalue weighted by Crippen LogP contribution is -2.46. The predicted octanol–water partition coefficient (Wildman–Crippen LogP) is 1.06. The molecule has 4 heterocycles. The number of piperidine rings is 1. The molecule has 1 aliphatic heterocycles. The van der Waals surface area contributed by atoms with Crippen molar-refractivity contribution in [3.8, 4) is 11.5 Å². The predicted molar refractivity (Wildman–Crippen MR) is 102 cm³/mol. The van der Waals surface area contributed by atoms with E-state index in [0.29, 0.717) is 36.7 Å². The van der Waals surface area contributed by atoms with E-state index in [-0.39, 0.29) is 11.7 Å². The van der Waals surface area contributed by atoms with Crippen molar-refractivity contribution in [2.45, 2.75) is 25.4 Å². The number of nitrogens with zero attached hydrogens (tertiary/aromatic N) is 5. The van der Waals surface area contributed by atoms with Crippen LogP contribution in [0.4, 0.5) is 4.39 Å². The Morgan fingerprint density at radius 1 is 1.31 bits per heavy atom. The minimum absolute atomic E-state index is 0.195. The van der Waals surface area contributed by atoms with Gasteiger partial charge in [-0.3, -0.25) is 9.20 Å². The molecule has 1 saturated heterocycles. The molecule has 0 aromatic carbocycles. The molecule has 3 aromatic rings. The van der Waals surface area contributed by atoms with E-state index < -0.39 is 18.6 Å². The van der Waals surface area contributed by atoms with Crippen LogP contribution in [-0.2, 0) is 11.2 Å². The molecular weight excluding hydrogens is 377 g/mol. The van der Waals surface area contributed by atoms with E-state index in [1.165, 1.54) is 12.3 Å². The molecule has 0 saturated carbocycles. The highest BCUT2D eigenvalue weighted by Crippen LogP contribution is 2.23. The molecule has 0 aliphatic carbocycles. The smallest absolute Gasteiger partial charge is 0.253 e. The van der Waals surface area contributed by atoms with E-state index in [1.807, 2.05) is 6.07 Å². The van der Waals surface area contributed by atoms with Crippen molar-refractivity contribution in [1.82, 2.24) is 24.3 Å². The van der Waals surface area contributed by atoms with Gasteiger partial charge in [0.25, 0.3) is 5.91 Å². The Kier molecular flexibility index (Phi) is 5.50. The number of likely N-dealkylation sites (tertiary alicyclic amines) is 1. The lowest BCUT2D eigenvalue weighted by Gasteiger charge is -2.33. The number of carbonyl (C=O) groups excluding carboxylic acids is 1. The van der Waals surface area contributed by atoms with E-state index in [2.05, 4.69) is 15.0 Å². The van der Waals surface area contributed by atoms with Gasteiger partial charge in [-0.05, 0) is 43.4 Å². The first kappa shape index (κ1) is 19.4. The molecule has 0 radical (unpaired) electrons. The third kappa shape index (κ3) is 4.10. The zero-order valence-corrected chi connectivity index (χ0v) is 15.8. The average Bonchev–Trinajstić information content (AvgIpc) is 3.16. The number of hydrogen-bond donors (Lipinski definition) is 2. The molecule has 2 N–H and O–H groups in total. The van der Waals surface area contributed by atoms with Crippen molar-refractivity contribution < 1.29 is 19.4 Å². The number of imidazole rings is 1. The number of carbonyl (C=O) groups is 1. The van der Waals surface area contributed by atoms with Crippen LogP contribution in [0.2, 0.25) is 0 Å². The van der Waals surface area contributed by atoms with Crippen molar-refractivity contribution in [2.24, 2.45) is 5.92 Å². The van der Waals surface area contributed by atoms with Crippen LogP contribution in [0.1, 0.15) is 18.5 Å². The van der Waals surface area contributed by atoms with Gasteiger partial charge in [-0.15, -0.1) is 0 Å². The second kappa shape index (κ2) is 8.22. The van der Waals surface area contributed by atoms with Crippen LogP contribution >= 0.6 is 0 Å². The maximum atomic E-state index is 13.6. The summed E-state index contributed by atoms with van der Waals surface area (Å²) < 4.78 is 15.2. The SMILES string of the molecule is O=C([C@@H](O)CO)N1CCC[C@@H](Cc2ccnc(-c3cnc4ccc(F)cn34)n2)C1. The number of fused-ring (bicyclic) bond motifs is 1. The number of aliphatic hydroxyl groups is 2. The fourth-order valence-corrected chi connectivity index (χ4v) is 3.77. The summed E-state index contributed by atoms with van der Waals surface area (Å²) in [6.07, 6.45) is 5.70. The summed E-state index contributed by atoms with van der Waals surface area (Å²) in [5, 5.41) is 18.6. The Hall–Kier alpha value is -2.91. The first-order valence-electron chi connectivity index (χ1n) is 9.58. The minimum Gasteiger partial charge on any atom is -0.393 e. The summed E-state index contributed by atoms with van der Waals surface area (Å²) in [5.41, 5.74) is 2.04. The van der Waals surface area contributed by atoms with Gasteiger partial charge in [0.15, 0.2) is 11.9 Å². The van der Waals surface area contributed by atoms with Gasteiger partial charge in [0, 0.05) is 31.2 Å². The van der Waals surface area contributed by atoms with Gasteiger partial charge in [-0.2, -0.15) is 0 Å². The molecule has 152 valence electrons. The molecule has 0 spiro atoms. The van der Waals surface area contributed by atoms with Gasteiger partial charge in [-0.25, -0.2) is 19.3 Å². The van der Waals surface area contributed by atoms with Crippen molar-refractivity contribution in [3.05, 3.63) is 48.3 Å². The van der Waals surface area contributed by atoms with Gasteiger partial charge in [0.05, 0.1) is 12.8 Å². The number of aliphatic hydroxyl groups excluding tert-OH is 2. The summed E-state index contributed by atoms with van der Waals surface area (Å²) in [6.45, 7) is 0.514. The van der Waals surface area contributed by atoms with E-state index in [9.17, 15) is 14.3 Å². The zero-order chi connectivity index (χ0) is 20.4. The molecule has 29 heavy (non-hydrogen) atoms. The fourth-order valence-electron chi connectivity index (χ4n) is 3.77. The van der Waals surface area contributed by atoms with Gasteiger partial charge in [-0.1, -0.05) is 0 Å².